The lowest BCUT2D eigenvalue weighted by Crippen LogP contribution is -2.30. The van der Waals surface area contributed by atoms with E-state index in [0.29, 0.717) is 6.42 Å². The first kappa shape index (κ1) is 10.6. The number of nitrogens with zero attached hydrogens (tertiary/aromatic N) is 1. The van der Waals surface area contributed by atoms with E-state index >= 15 is 0 Å². The number of allylic oxidation sites excluding steroid dienone is 2. The van der Waals surface area contributed by atoms with Gasteiger partial charge in [0.05, 0.1) is 6.07 Å². The van der Waals surface area contributed by atoms with Gasteiger partial charge in [0.1, 0.15) is 11.7 Å². The summed E-state index contributed by atoms with van der Waals surface area (Å²) in [7, 11) is 0. The number of carbonyl (C=O) groups is 1. The van der Waals surface area contributed by atoms with E-state index in [1.54, 1.807) is 0 Å². The smallest absolute Gasteiger partial charge is 0.141 e. The van der Waals surface area contributed by atoms with Crippen molar-refractivity contribution in [3.05, 3.63) is 48.0 Å². The van der Waals surface area contributed by atoms with Crippen LogP contribution in [0.4, 0.5) is 0 Å². The lowest BCUT2D eigenvalue weighted by atomic mass is 9.68. The van der Waals surface area contributed by atoms with E-state index in [9.17, 15) is 10.1 Å². The molecule has 0 saturated heterocycles. The van der Waals surface area contributed by atoms with Crippen LogP contribution in [0.15, 0.2) is 42.5 Å². The molecule has 80 valence electrons. The molecule has 0 heterocycles. The van der Waals surface area contributed by atoms with Crippen LogP contribution in [0.2, 0.25) is 0 Å². The minimum absolute atomic E-state index is 0.0128. The molecule has 0 amide bonds. The maximum atomic E-state index is 11.2. The minimum atomic E-state index is -0.879. The van der Waals surface area contributed by atoms with E-state index in [4.69, 9.17) is 0 Å². The molecule has 2 heteroatoms. The zero-order valence-electron chi connectivity index (χ0n) is 8.97. The molecule has 1 aliphatic carbocycles. The van der Waals surface area contributed by atoms with Crippen LogP contribution >= 0.6 is 0 Å². The molecule has 2 nitrogen and oxygen atoms in total. The Balaban J connectivity index is 2.43. The summed E-state index contributed by atoms with van der Waals surface area (Å²) in [4.78, 5) is 11.2. The summed E-state index contributed by atoms with van der Waals surface area (Å²) in [6.45, 7) is 0. The number of carbonyl (C=O) groups excluding carboxylic acids is 1. The summed E-state index contributed by atoms with van der Waals surface area (Å²) in [6, 6.07) is 12.0. The Labute approximate surface area is 95.2 Å². The summed E-state index contributed by atoms with van der Waals surface area (Å²) in [5, 5.41) is 9.26. The van der Waals surface area contributed by atoms with Crippen LogP contribution in [-0.2, 0) is 4.79 Å². The first-order valence-corrected chi connectivity index (χ1v) is 5.40. The molecule has 0 spiro atoms. The third-order valence-corrected chi connectivity index (χ3v) is 3.24. The monoisotopic (exact) mass is 211 g/mol. The summed E-state index contributed by atoms with van der Waals surface area (Å²) < 4.78 is 0. The van der Waals surface area contributed by atoms with Crippen molar-refractivity contribution in [3.63, 3.8) is 0 Å². The van der Waals surface area contributed by atoms with Crippen LogP contribution in [0.5, 0.6) is 0 Å². The summed E-state index contributed by atoms with van der Waals surface area (Å²) in [6.07, 6.45) is 6.07. The minimum Gasteiger partial charge on any atom is -0.302 e. The van der Waals surface area contributed by atoms with E-state index in [1.807, 2.05) is 36.4 Å². The number of aldehydes is 1. The van der Waals surface area contributed by atoms with Gasteiger partial charge in [-0.1, -0.05) is 42.5 Å². The van der Waals surface area contributed by atoms with E-state index < -0.39 is 5.41 Å². The van der Waals surface area contributed by atoms with Crippen molar-refractivity contribution in [2.75, 3.05) is 0 Å². The number of hydrogen-bond acceptors (Lipinski definition) is 2. The molecule has 0 aromatic heterocycles. The zero-order chi connectivity index (χ0) is 11.4. The SMILES string of the molecule is N#C[C@]1(C=O)CC=CC[C@@H]1c1ccccc1. The highest BCUT2D eigenvalue weighted by Gasteiger charge is 2.40. The maximum absolute atomic E-state index is 11.2. The van der Waals surface area contributed by atoms with Crippen molar-refractivity contribution in [2.24, 2.45) is 5.41 Å². The zero-order valence-corrected chi connectivity index (χ0v) is 8.97. The van der Waals surface area contributed by atoms with E-state index in [-0.39, 0.29) is 5.92 Å². The van der Waals surface area contributed by atoms with Crippen LogP contribution in [0.25, 0.3) is 0 Å². The Morgan fingerprint density at radius 1 is 1.31 bits per heavy atom. The summed E-state index contributed by atoms with van der Waals surface area (Å²) in [5.74, 6) is -0.0128. The Kier molecular flexibility index (Phi) is 2.87. The average molecular weight is 211 g/mol. The molecule has 0 aliphatic heterocycles. The molecule has 1 aliphatic rings. The van der Waals surface area contributed by atoms with Crippen LogP contribution in [0.3, 0.4) is 0 Å². The van der Waals surface area contributed by atoms with Gasteiger partial charge in [-0.2, -0.15) is 5.26 Å². The largest absolute Gasteiger partial charge is 0.302 e. The topological polar surface area (TPSA) is 40.9 Å². The normalized spacial score (nSPS) is 28.3. The van der Waals surface area contributed by atoms with Crippen LogP contribution in [-0.4, -0.2) is 6.29 Å². The van der Waals surface area contributed by atoms with Gasteiger partial charge in [-0.15, -0.1) is 0 Å². The van der Waals surface area contributed by atoms with Crippen molar-refractivity contribution in [3.8, 4) is 6.07 Å². The van der Waals surface area contributed by atoms with Gasteiger partial charge in [-0.3, -0.25) is 0 Å². The van der Waals surface area contributed by atoms with Crippen LogP contribution < -0.4 is 0 Å². The fourth-order valence-electron chi connectivity index (χ4n) is 2.26. The standard InChI is InChI=1S/C14H13NO/c15-10-14(11-16)9-5-4-8-13(14)12-6-2-1-3-7-12/h1-7,11,13H,8-9H2/t13-,14+/m1/s1. The molecule has 16 heavy (non-hydrogen) atoms. The Bertz CT molecular complexity index is 444. The first-order chi connectivity index (χ1) is 7.82. The second kappa shape index (κ2) is 4.32. The van der Waals surface area contributed by atoms with Crippen molar-refractivity contribution in [1.82, 2.24) is 0 Å². The number of benzene rings is 1. The number of hydrogen-bond donors (Lipinski definition) is 0. The van der Waals surface area contributed by atoms with E-state index in [0.717, 1.165) is 18.3 Å². The van der Waals surface area contributed by atoms with Crippen molar-refractivity contribution in [2.45, 2.75) is 18.8 Å². The summed E-state index contributed by atoms with van der Waals surface area (Å²) in [5.41, 5.74) is 0.191. The predicted molar refractivity (Wildman–Crippen MR) is 61.7 cm³/mol. The van der Waals surface area contributed by atoms with Crippen LogP contribution in [0.1, 0.15) is 24.3 Å². The Hall–Kier alpha value is -1.88. The van der Waals surface area contributed by atoms with Crippen molar-refractivity contribution >= 4 is 6.29 Å². The Morgan fingerprint density at radius 2 is 2.06 bits per heavy atom. The molecule has 1 aromatic rings. The highest BCUT2D eigenvalue weighted by atomic mass is 16.1. The van der Waals surface area contributed by atoms with Gasteiger partial charge >= 0.3 is 0 Å². The molecule has 0 saturated carbocycles. The molecule has 2 rings (SSSR count). The van der Waals surface area contributed by atoms with Crippen LogP contribution in [0, 0.1) is 16.7 Å². The van der Waals surface area contributed by atoms with Gasteiger partial charge in [0.25, 0.3) is 0 Å². The number of nitriles is 1. The molecular formula is C14H13NO. The predicted octanol–water partition coefficient (Wildman–Crippen LogP) is 2.83. The van der Waals surface area contributed by atoms with E-state index in [2.05, 4.69) is 12.1 Å². The average Bonchev–Trinajstić information content (AvgIpc) is 2.39. The fourth-order valence-corrected chi connectivity index (χ4v) is 2.26. The first-order valence-electron chi connectivity index (χ1n) is 5.40. The molecule has 0 radical (unpaired) electrons. The molecule has 0 N–H and O–H groups in total. The summed E-state index contributed by atoms with van der Waals surface area (Å²) >= 11 is 0. The van der Waals surface area contributed by atoms with Gasteiger partial charge in [0, 0.05) is 5.92 Å². The lowest BCUT2D eigenvalue weighted by Gasteiger charge is -2.31. The second-order valence-electron chi connectivity index (χ2n) is 4.14. The Morgan fingerprint density at radius 3 is 2.69 bits per heavy atom. The highest BCUT2D eigenvalue weighted by Crippen LogP contribution is 2.42. The number of rotatable bonds is 2. The van der Waals surface area contributed by atoms with Crippen molar-refractivity contribution < 1.29 is 4.79 Å². The molecule has 0 fully saturated rings. The third kappa shape index (κ3) is 1.65. The molecule has 2 atom stereocenters. The van der Waals surface area contributed by atoms with E-state index in [1.165, 1.54) is 0 Å². The molecule has 1 aromatic carbocycles. The second-order valence-corrected chi connectivity index (χ2v) is 4.14. The fraction of sp³-hybridized carbons (Fsp3) is 0.286. The third-order valence-electron chi connectivity index (χ3n) is 3.24. The van der Waals surface area contributed by atoms with Gasteiger partial charge in [-0.05, 0) is 18.4 Å². The van der Waals surface area contributed by atoms with Gasteiger partial charge in [0.2, 0.25) is 0 Å². The maximum Gasteiger partial charge on any atom is 0.141 e. The van der Waals surface area contributed by atoms with Crippen molar-refractivity contribution in [1.29, 1.82) is 5.26 Å². The quantitative estimate of drug-likeness (QED) is 0.557. The molecule has 0 unspecified atom stereocenters. The highest BCUT2D eigenvalue weighted by molar-refractivity contribution is 5.67. The molecular weight excluding hydrogens is 198 g/mol. The van der Waals surface area contributed by atoms with Gasteiger partial charge in [0.15, 0.2) is 0 Å². The molecule has 0 bridgehead atoms. The lowest BCUT2D eigenvalue weighted by molar-refractivity contribution is -0.114. The van der Waals surface area contributed by atoms with Gasteiger partial charge < -0.3 is 4.79 Å². The van der Waals surface area contributed by atoms with Gasteiger partial charge in [-0.25, -0.2) is 0 Å².